The van der Waals surface area contributed by atoms with Gasteiger partial charge in [-0.3, -0.25) is 4.79 Å². The maximum absolute atomic E-state index is 13.7. The standard InChI is InChI=1S/C19H17FN4O2S/c1-26-19-9-14(10-19)23(11-19)18(25)16-21-17(15-6-3-7-27-15)24(22-16)13-5-2-4-12(20)8-13/h2-8,14H,9-11H2,1H3. The molecule has 2 bridgehead atoms. The number of halogens is 1. The number of hydrogen-bond acceptors (Lipinski definition) is 5. The van der Waals surface area contributed by atoms with Gasteiger partial charge in [-0.1, -0.05) is 12.1 Å². The molecule has 6 nitrogen and oxygen atoms in total. The van der Waals surface area contributed by atoms with Crippen LogP contribution in [0, 0.1) is 5.82 Å². The molecular weight excluding hydrogens is 367 g/mol. The lowest BCUT2D eigenvalue weighted by molar-refractivity contribution is -0.0365. The number of aromatic nitrogens is 3. The van der Waals surface area contributed by atoms with Crippen molar-refractivity contribution in [2.45, 2.75) is 24.5 Å². The van der Waals surface area contributed by atoms with Crippen LogP contribution in [0.4, 0.5) is 4.39 Å². The van der Waals surface area contributed by atoms with E-state index in [4.69, 9.17) is 4.74 Å². The molecule has 1 aromatic carbocycles. The van der Waals surface area contributed by atoms with Gasteiger partial charge in [0, 0.05) is 13.2 Å². The highest BCUT2D eigenvalue weighted by molar-refractivity contribution is 7.13. The molecule has 0 atom stereocenters. The average Bonchev–Trinajstić information content (AvgIpc) is 3.41. The topological polar surface area (TPSA) is 60.2 Å². The zero-order valence-corrected chi connectivity index (χ0v) is 15.4. The van der Waals surface area contributed by atoms with Crippen molar-refractivity contribution in [1.29, 1.82) is 0 Å². The van der Waals surface area contributed by atoms with Crippen LogP contribution in [-0.2, 0) is 4.74 Å². The minimum absolute atomic E-state index is 0.126. The van der Waals surface area contributed by atoms with Crippen LogP contribution in [0.15, 0.2) is 41.8 Å². The fourth-order valence-electron chi connectivity index (χ4n) is 3.94. The van der Waals surface area contributed by atoms with Gasteiger partial charge in [0.05, 0.1) is 22.7 Å². The second kappa shape index (κ2) is 5.97. The molecule has 3 fully saturated rings. The van der Waals surface area contributed by atoms with Crippen molar-refractivity contribution < 1.29 is 13.9 Å². The predicted molar refractivity (Wildman–Crippen MR) is 98.4 cm³/mol. The van der Waals surface area contributed by atoms with Gasteiger partial charge in [-0.2, -0.15) is 0 Å². The van der Waals surface area contributed by atoms with Crippen molar-refractivity contribution in [2.75, 3.05) is 13.7 Å². The Labute approximate surface area is 159 Å². The van der Waals surface area contributed by atoms with Gasteiger partial charge < -0.3 is 9.64 Å². The molecule has 1 amide bonds. The van der Waals surface area contributed by atoms with Crippen LogP contribution >= 0.6 is 11.3 Å². The number of ether oxygens (including phenoxy) is 1. The fraction of sp³-hybridized carbons (Fsp3) is 0.316. The summed E-state index contributed by atoms with van der Waals surface area (Å²) in [5, 5.41) is 6.37. The highest BCUT2D eigenvalue weighted by Crippen LogP contribution is 2.47. The normalized spacial score (nSPS) is 23.5. The third-order valence-corrected chi connectivity index (χ3v) is 6.27. The maximum atomic E-state index is 13.7. The smallest absolute Gasteiger partial charge is 0.293 e. The molecule has 2 aliphatic heterocycles. The number of amides is 1. The lowest BCUT2D eigenvalue weighted by Crippen LogP contribution is -2.42. The van der Waals surface area contributed by atoms with Crippen LogP contribution in [0.1, 0.15) is 23.5 Å². The van der Waals surface area contributed by atoms with Crippen LogP contribution in [0.5, 0.6) is 0 Å². The van der Waals surface area contributed by atoms with E-state index in [0.717, 1.165) is 17.7 Å². The molecule has 8 heteroatoms. The summed E-state index contributed by atoms with van der Waals surface area (Å²) in [5.41, 5.74) is 0.325. The van der Waals surface area contributed by atoms with E-state index in [2.05, 4.69) is 10.1 Å². The number of methoxy groups -OCH3 is 1. The second-order valence-electron chi connectivity index (χ2n) is 7.01. The quantitative estimate of drug-likeness (QED) is 0.693. The van der Waals surface area contributed by atoms with Gasteiger partial charge in [0.25, 0.3) is 5.91 Å². The summed E-state index contributed by atoms with van der Waals surface area (Å²) in [7, 11) is 1.69. The zero-order chi connectivity index (χ0) is 18.6. The summed E-state index contributed by atoms with van der Waals surface area (Å²) in [6.45, 7) is 0.565. The van der Waals surface area contributed by atoms with Crippen LogP contribution in [-0.4, -0.2) is 50.9 Å². The Morgan fingerprint density at radius 1 is 1.33 bits per heavy atom. The van der Waals surface area contributed by atoms with Crippen LogP contribution in [0.3, 0.4) is 0 Å². The van der Waals surface area contributed by atoms with E-state index < -0.39 is 0 Å². The van der Waals surface area contributed by atoms with Crippen molar-refractivity contribution in [2.24, 2.45) is 0 Å². The van der Waals surface area contributed by atoms with E-state index in [9.17, 15) is 9.18 Å². The van der Waals surface area contributed by atoms with Gasteiger partial charge in [-0.05, 0) is 42.5 Å². The molecule has 6 rings (SSSR count). The molecule has 0 spiro atoms. The van der Waals surface area contributed by atoms with Crippen molar-refractivity contribution in [1.82, 2.24) is 19.7 Å². The van der Waals surface area contributed by atoms with Crippen molar-refractivity contribution in [3.8, 4) is 16.4 Å². The first-order valence-corrected chi connectivity index (χ1v) is 9.59. The molecule has 3 aromatic rings. The van der Waals surface area contributed by atoms with Crippen LogP contribution in [0.25, 0.3) is 16.4 Å². The Kier molecular flexibility index (Phi) is 3.66. The summed E-state index contributed by atoms with van der Waals surface area (Å²) >= 11 is 1.50. The summed E-state index contributed by atoms with van der Waals surface area (Å²) < 4.78 is 20.8. The first-order chi connectivity index (χ1) is 13.1. The molecule has 0 N–H and O–H groups in total. The summed E-state index contributed by atoms with van der Waals surface area (Å²) in [5.74, 6) is 0.0909. The van der Waals surface area contributed by atoms with Gasteiger partial charge in [0.1, 0.15) is 5.82 Å². The lowest BCUT2D eigenvalue weighted by atomic mass is 9.81. The van der Waals surface area contributed by atoms with E-state index in [1.54, 1.807) is 24.1 Å². The van der Waals surface area contributed by atoms with Gasteiger partial charge in [-0.25, -0.2) is 14.1 Å². The Morgan fingerprint density at radius 3 is 2.85 bits per heavy atom. The van der Waals surface area contributed by atoms with Gasteiger partial charge in [-0.15, -0.1) is 16.4 Å². The number of hydrogen-bond donors (Lipinski definition) is 0. The highest BCUT2D eigenvalue weighted by atomic mass is 32.1. The van der Waals surface area contributed by atoms with Crippen molar-refractivity contribution in [3.05, 3.63) is 53.4 Å². The number of carbonyl (C=O) groups is 1. The molecule has 2 aromatic heterocycles. The molecule has 3 aliphatic rings. The summed E-state index contributed by atoms with van der Waals surface area (Å²) in [6, 6.07) is 10.1. The number of fused-ring (bicyclic) bond motifs is 1. The van der Waals surface area contributed by atoms with E-state index in [-0.39, 0.29) is 29.2 Å². The third kappa shape index (κ3) is 2.59. The number of benzene rings is 1. The van der Waals surface area contributed by atoms with Crippen molar-refractivity contribution >= 4 is 17.2 Å². The molecule has 138 valence electrons. The summed E-state index contributed by atoms with van der Waals surface area (Å²) in [4.78, 5) is 20.2. The maximum Gasteiger partial charge on any atom is 0.293 e. The van der Waals surface area contributed by atoms with Crippen LogP contribution < -0.4 is 0 Å². The zero-order valence-electron chi connectivity index (χ0n) is 14.6. The first kappa shape index (κ1) is 16.6. The van der Waals surface area contributed by atoms with Gasteiger partial charge in [0.2, 0.25) is 5.82 Å². The molecule has 1 saturated carbocycles. The predicted octanol–water partition coefficient (Wildman–Crippen LogP) is 3.14. The minimum atomic E-state index is -0.365. The number of thiophene rings is 1. The van der Waals surface area contributed by atoms with Crippen molar-refractivity contribution in [3.63, 3.8) is 0 Å². The Bertz CT molecular complexity index is 1010. The number of rotatable bonds is 4. The minimum Gasteiger partial charge on any atom is -0.376 e. The third-order valence-electron chi connectivity index (χ3n) is 5.40. The number of nitrogens with zero attached hydrogens (tertiary/aromatic N) is 4. The monoisotopic (exact) mass is 384 g/mol. The fourth-order valence-corrected chi connectivity index (χ4v) is 4.64. The molecule has 0 unspecified atom stereocenters. The van der Waals surface area contributed by atoms with Gasteiger partial charge in [0.15, 0.2) is 5.82 Å². The van der Waals surface area contributed by atoms with E-state index in [0.29, 0.717) is 18.1 Å². The van der Waals surface area contributed by atoms with E-state index in [1.807, 2.05) is 17.5 Å². The molecule has 1 aliphatic carbocycles. The highest BCUT2D eigenvalue weighted by Gasteiger charge is 2.57. The molecule has 0 radical (unpaired) electrons. The summed E-state index contributed by atoms with van der Waals surface area (Å²) in [6.07, 6.45) is 1.72. The lowest BCUT2D eigenvalue weighted by Gasteiger charge is -2.35. The average molecular weight is 384 g/mol. The first-order valence-electron chi connectivity index (χ1n) is 8.72. The van der Waals surface area contributed by atoms with E-state index >= 15 is 0 Å². The number of carbonyl (C=O) groups excluding carboxylic acids is 1. The van der Waals surface area contributed by atoms with E-state index in [1.165, 1.54) is 28.2 Å². The SMILES string of the molecule is COC12CC(C1)N(C(=O)c1nc(-c3cccs3)n(-c3cccc(F)c3)n1)C2. The molecular formula is C19H17FN4O2S. The molecule has 27 heavy (non-hydrogen) atoms. The Balaban J connectivity index is 1.55. The second-order valence-corrected chi connectivity index (χ2v) is 7.96. The van der Waals surface area contributed by atoms with Gasteiger partial charge >= 0.3 is 0 Å². The van der Waals surface area contributed by atoms with Crippen LogP contribution in [0.2, 0.25) is 0 Å². The molecule has 2 saturated heterocycles. The Morgan fingerprint density at radius 2 is 2.19 bits per heavy atom. The molecule has 4 heterocycles. The largest absolute Gasteiger partial charge is 0.376 e. The Hall–Kier alpha value is -2.58.